The maximum atomic E-state index is 13.1. The van der Waals surface area contributed by atoms with Gasteiger partial charge < -0.3 is 28.4 Å². The Labute approximate surface area is 186 Å². The summed E-state index contributed by atoms with van der Waals surface area (Å²) in [6, 6.07) is 8.69. The van der Waals surface area contributed by atoms with Crippen molar-refractivity contribution in [2.24, 2.45) is 0 Å². The van der Waals surface area contributed by atoms with E-state index in [2.05, 4.69) is 0 Å². The molecule has 0 fully saturated rings. The molecule has 2 aromatic carbocycles. The van der Waals surface area contributed by atoms with Crippen LogP contribution in [0.2, 0.25) is 0 Å². The Morgan fingerprint density at radius 2 is 1.31 bits per heavy atom. The molecule has 0 bridgehead atoms. The molecule has 2 atom stereocenters. The van der Waals surface area contributed by atoms with E-state index in [-0.39, 0.29) is 0 Å². The Kier molecular flexibility index (Phi) is 6.92. The van der Waals surface area contributed by atoms with E-state index in [1.165, 1.54) is 42.7 Å². The Bertz CT molecular complexity index is 1060. The number of carbonyl (C=O) groups excluding carboxylic acids is 2. The van der Waals surface area contributed by atoms with Gasteiger partial charge in [0.2, 0.25) is 0 Å². The van der Waals surface area contributed by atoms with Crippen molar-refractivity contribution in [1.29, 1.82) is 0 Å². The van der Waals surface area contributed by atoms with Crippen molar-refractivity contribution in [1.82, 2.24) is 0 Å². The SMILES string of the molecule is COC(=O)C1=Cc2cc(OC)c(OC)cc2C(C(=O)OC)C1c1ccc(OC)c(OC)c1. The highest BCUT2D eigenvalue weighted by Gasteiger charge is 2.42. The van der Waals surface area contributed by atoms with Crippen LogP contribution < -0.4 is 18.9 Å². The van der Waals surface area contributed by atoms with Gasteiger partial charge in [0.1, 0.15) is 0 Å². The van der Waals surface area contributed by atoms with Gasteiger partial charge in [-0.15, -0.1) is 0 Å². The molecular weight excluding hydrogens is 416 g/mol. The fourth-order valence-corrected chi connectivity index (χ4v) is 4.03. The topological polar surface area (TPSA) is 89.5 Å². The summed E-state index contributed by atoms with van der Waals surface area (Å²) in [4.78, 5) is 25.9. The van der Waals surface area contributed by atoms with Crippen LogP contribution in [0, 0.1) is 0 Å². The van der Waals surface area contributed by atoms with Crippen LogP contribution in [-0.2, 0) is 19.1 Å². The van der Waals surface area contributed by atoms with E-state index >= 15 is 0 Å². The van der Waals surface area contributed by atoms with Gasteiger partial charge in [0.15, 0.2) is 23.0 Å². The summed E-state index contributed by atoms with van der Waals surface area (Å²) in [5, 5.41) is 0. The van der Waals surface area contributed by atoms with Crippen LogP contribution in [0.25, 0.3) is 6.08 Å². The number of methoxy groups -OCH3 is 6. The largest absolute Gasteiger partial charge is 0.493 e. The fraction of sp³-hybridized carbons (Fsp3) is 0.333. The maximum Gasteiger partial charge on any atom is 0.334 e. The van der Waals surface area contributed by atoms with Gasteiger partial charge in [-0.1, -0.05) is 6.07 Å². The number of carbonyl (C=O) groups is 2. The van der Waals surface area contributed by atoms with E-state index < -0.39 is 23.8 Å². The van der Waals surface area contributed by atoms with E-state index in [4.69, 9.17) is 28.4 Å². The van der Waals surface area contributed by atoms with Gasteiger partial charge in [-0.3, -0.25) is 4.79 Å². The summed E-state index contributed by atoms with van der Waals surface area (Å²) < 4.78 is 31.8. The normalized spacial score (nSPS) is 16.9. The lowest BCUT2D eigenvalue weighted by atomic mass is 9.71. The van der Waals surface area contributed by atoms with Gasteiger partial charge in [0, 0.05) is 11.5 Å². The summed E-state index contributed by atoms with van der Waals surface area (Å²) >= 11 is 0. The van der Waals surface area contributed by atoms with Crippen LogP contribution in [-0.4, -0.2) is 54.6 Å². The summed E-state index contributed by atoms with van der Waals surface area (Å²) in [7, 11) is 8.69. The molecule has 0 radical (unpaired) electrons. The average Bonchev–Trinajstić information content (AvgIpc) is 2.84. The molecule has 0 spiro atoms. The van der Waals surface area contributed by atoms with Crippen molar-refractivity contribution in [3.8, 4) is 23.0 Å². The lowest BCUT2D eigenvalue weighted by molar-refractivity contribution is -0.143. The third-order valence-electron chi connectivity index (χ3n) is 5.55. The van der Waals surface area contributed by atoms with Crippen LogP contribution in [0.5, 0.6) is 23.0 Å². The molecule has 170 valence electrons. The fourth-order valence-electron chi connectivity index (χ4n) is 4.03. The molecule has 0 amide bonds. The third kappa shape index (κ3) is 3.95. The summed E-state index contributed by atoms with van der Waals surface area (Å²) in [5.74, 6) is -0.673. The second-order valence-corrected chi connectivity index (χ2v) is 7.02. The summed E-state index contributed by atoms with van der Waals surface area (Å²) in [6.07, 6.45) is 1.70. The first-order chi connectivity index (χ1) is 15.4. The van der Waals surface area contributed by atoms with E-state index in [0.717, 1.165) is 0 Å². The smallest absolute Gasteiger partial charge is 0.334 e. The molecular formula is C24H26O8. The van der Waals surface area contributed by atoms with Gasteiger partial charge in [0.05, 0.1) is 48.6 Å². The van der Waals surface area contributed by atoms with E-state index in [1.54, 1.807) is 36.4 Å². The number of hydrogen-bond donors (Lipinski definition) is 0. The minimum atomic E-state index is -0.841. The van der Waals surface area contributed by atoms with Crippen LogP contribution in [0.1, 0.15) is 28.5 Å². The number of hydrogen-bond acceptors (Lipinski definition) is 8. The molecule has 0 aliphatic heterocycles. The number of ether oxygens (including phenoxy) is 6. The predicted molar refractivity (Wildman–Crippen MR) is 117 cm³/mol. The Morgan fingerprint density at radius 3 is 1.88 bits per heavy atom. The molecule has 0 saturated heterocycles. The van der Waals surface area contributed by atoms with Gasteiger partial charge >= 0.3 is 11.9 Å². The number of rotatable bonds is 7. The highest BCUT2D eigenvalue weighted by Crippen LogP contribution is 2.49. The Balaban J connectivity index is 2.32. The van der Waals surface area contributed by atoms with Crippen LogP contribution in [0.4, 0.5) is 0 Å². The molecule has 32 heavy (non-hydrogen) atoms. The van der Waals surface area contributed by atoms with Crippen molar-refractivity contribution in [2.75, 3.05) is 42.7 Å². The minimum absolute atomic E-state index is 0.301. The second kappa shape index (κ2) is 9.64. The zero-order valence-corrected chi connectivity index (χ0v) is 18.9. The first kappa shape index (κ1) is 23.0. The zero-order valence-electron chi connectivity index (χ0n) is 18.9. The first-order valence-corrected chi connectivity index (χ1v) is 9.79. The van der Waals surface area contributed by atoms with Gasteiger partial charge in [-0.25, -0.2) is 4.79 Å². The molecule has 8 nitrogen and oxygen atoms in total. The number of fused-ring (bicyclic) bond motifs is 1. The molecule has 2 unspecified atom stereocenters. The summed E-state index contributed by atoms with van der Waals surface area (Å²) in [5.41, 5.74) is 2.24. The molecule has 2 aromatic rings. The second-order valence-electron chi connectivity index (χ2n) is 7.02. The summed E-state index contributed by atoms with van der Waals surface area (Å²) in [6.45, 7) is 0. The first-order valence-electron chi connectivity index (χ1n) is 9.79. The highest BCUT2D eigenvalue weighted by atomic mass is 16.5. The van der Waals surface area contributed by atoms with E-state index in [9.17, 15) is 9.59 Å². The van der Waals surface area contributed by atoms with Crippen molar-refractivity contribution < 1.29 is 38.0 Å². The molecule has 0 N–H and O–H groups in total. The van der Waals surface area contributed by atoms with E-state index in [1.807, 2.05) is 0 Å². The Hall–Kier alpha value is -3.68. The van der Waals surface area contributed by atoms with Crippen LogP contribution >= 0.6 is 0 Å². The Morgan fingerprint density at radius 1 is 0.719 bits per heavy atom. The van der Waals surface area contributed by atoms with Crippen molar-refractivity contribution in [3.63, 3.8) is 0 Å². The molecule has 1 aliphatic carbocycles. The minimum Gasteiger partial charge on any atom is -0.493 e. The molecule has 8 heteroatoms. The quantitative estimate of drug-likeness (QED) is 0.604. The molecule has 3 rings (SSSR count). The van der Waals surface area contributed by atoms with Gasteiger partial charge in [0.25, 0.3) is 0 Å². The monoisotopic (exact) mass is 442 g/mol. The third-order valence-corrected chi connectivity index (χ3v) is 5.55. The lowest BCUT2D eigenvalue weighted by Gasteiger charge is -2.32. The average molecular weight is 442 g/mol. The van der Waals surface area contributed by atoms with Crippen molar-refractivity contribution in [2.45, 2.75) is 11.8 Å². The molecule has 0 heterocycles. The number of benzene rings is 2. The van der Waals surface area contributed by atoms with Gasteiger partial charge in [-0.05, 0) is 47.0 Å². The standard InChI is InChI=1S/C24H26O8/c1-27-17-8-7-13(10-18(17)28-2)21-16(23(25)31-5)9-14-11-19(29-3)20(30-4)12-15(14)22(21)24(26)32-6/h7-12,21-22H,1-6H3. The lowest BCUT2D eigenvalue weighted by Crippen LogP contribution is -2.29. The van der Waals surface area contributed by atoms with Crippen molar-refractivity contribution >= 4 is 18.0 Å². The highest BCUT2D eigenvalue weighted by molar-refractivity contribution is 6.00. The molecule has 0 aromatic heterocycles. The zero-order chi connectivity index (χ0) is 23.4. The predicted octanol–water partition coefficient (Wildman–Crippen LogP) is 3.33. The molecule has 1 aliphatic rings. The molecule has 0 saturated carbocycles. The van der Waals surface area contributed by atoms with Crippen molar-refractivity contribution in [3.05, 3.63) is 52.6 Å². The van der Waals surface area contributed by atoms with Crippen LogP contribution in [0.3, 0.4) is 0 Å². The van der Waals surface area contributed by atoms with E-state index in [0.29, 0.717) is 45.3 Å². The van der Waals surface area contributed by atoms with Gasteiger partial charge in [-0.2, -0.15) is 0 Å². The van der Waals surface area contributed by atoms with Crippen LogP contribution in [0.15, 0.2) is 35.9 Å². The number of esters is 2. The maximum absolute atomic E-state index is 13.1.